The standard InChI is InChI=1S/C12H15NOS/c1-8-9(6-13)11-10(15-8)4-3-5-12(11,2)7-14/h14H,3-5,7H2,1-2H3/t12-/m1/s1. The Kier molecular flexibility index (Phi) is 2.57. The summed E-state index contributed by atoms with van der Waals surface area (Å²) in [4.78, 5) is 2.41. The van der Waals surface area contributed by atoms with Crippen LogP contribution in [0.4, 0.5) is 0 Å². The number of thiophene rings is 1. The molecule has 2 rings (SSSR count). The Hall–Kier alpha value is -0.850. The molecule has 0 radical (unpaired) electrons. The monoisotopic (exact) mass is 221 g/mol. The molecule has 1 N–H and O–H groups in total. The third-order valence-electron chi connectivity index (χ3n) is 3.35. The molecular formula is C12H15NOS. The van der Waals surface area contributed by atoms with Gasteiger partial charge in [-0.15, -0.1) is 11.3 Å². The molecule has 0 fully saturated rings. The number of aliphatic hydroxyl groups is 1. The van der Waals surface area contributed by atoms with Gasteiger partial charge in [0.15, 0.2) is 0 Å². The maximum atomic E-state index is 9.52. The zero-order chi connectivity index (χ0) is 11.1. The van der Waals surface area contributed by atoms with E-state index in [1.54, 1.807) is 11.3 Å². The number of hydrogen-bond acceptors (Lipinski definition) is 3. The maximum Gasteiger partial charge on any atom is 0.101 e. The highest BCUT2D eigenvalue weighted by Crippen LogP contribution is 2.43. The molecular weight excluding hydrogens is 206 g/mol. The predicted molar refractivity (Wildman–Crippen MR) is 61.1 cm³/mol. The van der Waals surface area contributed by atoms with Crippen molar-refractivity contribution in [1.29, 1.82) is 5.26 Å². The molecule has 15 heavy (non-hydrogen) atoms. The Labute approximate surface area is 94.2 Å². The number of rotatable bonds is 1. The summed E-state index contributed by atoms with van der Waals surface area (Å²) in [6, 6.07) is 2.29. The molecule has 0 spiro atoms. The summed E-state index contributed by atoms with van der Waals surface area (Å²) < 4.78 is 0. The van der Waals surface area contributed by atoms with E-state index in [0.29, 0.717) is 0 Å². The van der Waals surface area contributed by atoms with Gasteiger partial charge in [0.25, 0.3) is 0 Å². The summed E-state index contributed by atoms with van der Waals surface area (Å²) in [6.07, 6.45) is 3.17. The average Bonchev–Trinajstić information content (AvgIpc) is 2.55. The minimum absolute atomic E-state index is 0.144. The number of fused-ring (bicyclic) bond motifs is 1. The Balaban J connectivity index is 2.65. The van der Waals surface area contributed by atoms with Crippen LogP contribution in [0.1, 0.15) is 40.6 Å². The Morgan fingerprint density at radius 3 is 2.93 bits per heavy atom. The van der Waals surface area contributed by atoms with Crippen molar-refractivity contribution in [1.82, 2.24) is 0 Å². The second-order valence-electron chi connectivity index (χ2n) is 4.52. The van der Waals surface area contributed by atoms with Gasteiger partial charge in [-0.05, 0) is 31.7 Å². The molecule has 0 bridgehead atoms. The molecule has 1 aromatic heterocycles. The zero-order valence-corrected chi connectivity index (χ0v) is 9.95. The molecule has 80 valence electrons. The van der Waals surface area contributed by atoms with E-state index in [0.717, 1.165) is 35.3 Å². The number of aryl methyl sites for hydroxylation is 2. The van der Waals surface area contributed by atoms with Crippen LogP contribution >= 0.6 is 11.3 Å². The van der Waals surface area contributed by atoms with E-state index in [9.17, 15) is 5.11 Å². The van der Waals surface area contributed by atoms with Crippen molar-refractivity contribution in [3.8, 4) is 6.07 Å². The molecule has 0 saturated carbocycles. The van der Waals surface area contributed by atoms with Crippen LogP contribution in [0.3, 0.4) is 0 Å². The van der Waals surface area contributed by atoms with Crippen LogP contribution in [0.2, 0.25) is 0 Å². The lowest BCUT2D eigenvalue weighted by Gasteiger charge is -2.32. The van der Waals surface area contributed by atoms with Gasteiger partial charge in [0.05, 0.1) is 12.2 Å². The summed E-state index contributed by atoms with van der Waals surface area (Å²) in [5.41, 5.74) is 1.75. The van der Waals surface area contributed by atoms with E-state index in [4.69, 9.17) is 5.26 Å². The lowest BCUT2D eigenvalue weighted by molar-refractivity contribution is 0.189. The third kappa shape index (κ3) is 1.49. The zero-order valence-electron chi connectivity index (χ0n) is 9.13. The van der Waals surface area contributed by atoms with Gasteiger partial charge in [0, 0.05) is 15.2 Å². The average molecular weight is 221 g/mol. The van der Waals surface area contributed by atoms with Crippen LogP contribution in [0.15, 0.2) is 0 Å². The van der Waals surface area contributed by atoms with Crippen molar-refractivity contribution in [2.24, 2.45) is 0 Å². The second kappa shape index (κ2) is 3.62. The Morgan fingerprint density at radius 2 is 2.33 bits per heavy atom. The van der Waals surface area contributed by atoms with Gasteiger partial charge in [0.1, 0.15) is 6.07 Å². The molecule has 0 unspecified atom stereocenters. The van der Waals surface area contributed by atoms with Crippen molar-refractivity contribution < 1.29 is 5.11 Å². The number of aliphatic hydroxyl groups excluding tert-OH is 1. The van der Waals surface area contributed by atoms with Crippen molar-refractivity contribution in [2.75, 3.05) is 6.61 Å². The highest BCUT2D eigenvalue weighted by atomic mass is 32.1. The smallest absolute Gasteiger partial charge is 0.101 e. The van der Waals surface area contributed by atoms with Gasteiger partial charge < -0.3 is 5.11 Å². The molecule has 1 aromatic rings. The molecule has 1 heterocycles. The van der Waals surface area contributed by atoms with Gasteiger partial charge >= 0.3 is 0 Å². The summed E-state index contributed by atoms with van der Waals surface area (Å²) in [5.74, 6) is 0. The third-order valence-corrected chi connectivity index (χ3v) is 4.52. The summed E-state index contributed by atoms with van der Waals surface area (Å²) in [6.45, 7) is 4.21. The van der Waals surface area contributed by atoms with Gasteiger partial charge in [-0.25, -0.2) is 0 Å². The van der Waals surface area contributed by atoms with E-state index in [-0.39, 0.29) is 12.0 Å². The van der Waals surface area contributed by atoms with E-state index < -0.39 is 0 Å². The number of nitrogens with zero attached hydrogens (tertiary/aromatic N) is 1. The molecule has 1 atom stereocenters. The van der Waals surface area contributed by atoms with Crippen molar-refractivity contribution in [2.45, 2.75) is 38.5 Å². The molecule has 0 saturated heterocycles. The highest BCUT2D eigenvalue weighted by Gasteiger charge is 2.36. The first-order valence-electron chi connectivity index (χ1n) is 5.26. The van der Waals surface area contributed by atoms with Gasteiger partial charge in [-0.2, -0.15) is 5.26 Å². The summed E-state index contributed by atoms with van der Waals surface area (Å²) >= 11 is 1.73. The topological polar surface area (TPSA) is 44.0 Å². The van der Waals surface area contributed by atoms with Crippen molar-refractivity contribution in [3.63, 3.8) is 0 Å². The van der Waals surface area contributed by atoms with E-state index in [2.05, 4.69) is 13.0 Å². The van der Waals surface area contributed by atoms with Gasteiger partial charge in [-0.3, -0.25) is 0 Å². The number of hydrogen-bond donors (Lipinski definition) is 1. The van der Waals surface area contributed by atoms with E-state index in [1.807, 2.05) is 6.92 Å². The first kappa shape index (κ1) is 10.7. The number of nitriles is 1. The van der Waals surface area contributed by atoms with E-state index >= 15 is 0 Å². The lowest BCUT2D eigenvalue weighted by Crippen LogP contribution is -2.31. The molecule has 1 aliphatic carbocycles. The van der Waals surface area contributed by atoms with Crippen LogP contribution in [-0.4, -0.2) is 11.7 Å². The van der Waals surface area contributed by atoms with Crippen LogP contribution in [0.25, 0.3) is 0 Å². The first-order chi connectivity index (χ1) is 7.12. The quantitative estimate of drug-likeness (QED) is 0.792. The Bertz CT molecular complexity index is 430. The maximum absolute atomic E-state index is 9.52. The fourth-order valence-corrected chi connectivity index (χ4v) is 3.79. The fourth-order valence-electron chi connectivity index (χ4n) is 2.47. The largest absolute Gasteiger partial charge is 0.395 e. The molecule has 1 aliphatic rings. The fraction of sp³-hybridized carbons (Fsp3) is 0.583. The minimum atomic E-state index is -0.191. The van der Waals surface area contributed by atoms with Crippen LogP contribution in [0.5, 0.6) is 0 Å². The molecule has 0 amide bonds. The normalized spacial score (nSPS) is 24.7. The summed E-state index contributed by atoms with van der Waals surface area (Å²) in [7, 11) is 0. The van der Waals surface area contributed by atoms with Crippen LogP contribution in [-0.2, 0) is 11.8 Å². The molecule has 2 nitrogen and oxygen atoms in total. The first-order valence-corrected chi connectivity index (χ1v) is 6.08. The predicted octanol–water partition coefficient (Wildman–Crippen LogP) is 2.51. The molecule has 0 aliphatic heterocycles. The van der Waals surface area contributed by atoms with E-state index in [1.165, 1.54) is 4.88 Å². The van der Waals surface area contributed by atoms with Gasteiger partial charge in [0.2, 0.25) is 0 Å². The highest BCUT2D eigenvalue weighted by molar-refractivity contribution is 7.12. The summed E-state index contributed by atoms with van der Waals surface area (Å²) in [5, 5.41) is 18.7. The van der Waals surface area contributed by atoms with Crippen LogP contribution < -0.4 is 0 Å². The molecule has 3 heteroatoms. The van der Waals surface area contributed by atoms with Gasteiger partial charge in [-0.1, -0.05) is 6.92 Å². The molecule has 0 aromatic carbocycles. The van der Waals surface area contributed by atoms with Crippen molar-refractivity contribution in [3.05, 3.63) is 20.9 Å². The van der Waals surface area contributed by atoms with Crippen LogP contribution in [0, 0.1) is 18.3 Å². The minimum Gasteiger partial charge on any atom is -0.395 e. The second-order valence-corrected chi connectivity index (χ2v) is 5.82. The Morgan fingerprint density at radius 1 is 1.60 bits per heavy atom. The van der Waals surface area contributed by atoms with Crippen molar-refractivity contribution >= 4 is 11.3 Å². The lowest BCUT2D eigenvalue weighted by atomic mass is 9.73. The SMILES string of the molecule is Cc1sc2c(c1C#N)[C@@](C)(CO)CCC2.